The molecule has 0 radical (unpaired) electrons. The molecule has 0 spiro atoms. The predicted octanol–water partition coefficient (Wildman–Crippen LogP) is 5.32. The Bertz CT molecular complexity index is 449. The third-order valence-corrected chi connectivity index (χ3v) is 1.77. The van der Waals surface area contributed by atoms with Crippen molar-refractivity contribution in [2.24, 2.45) is 0 Å². The predicted molar refractivity (Wildman–Crippen MR) is 79.9 cm³/mol. The Morgan fingerprint density at radius 2 is 0.833 bits per heavy atom. The highest BCUT2D eigenvalue weighted by Crippen LogP contribution is 2.08. The largest absolute Gasteiger partial charge is 0.238 e. The first kappa shape index (κ1) is 18.4. The lowest BCUT2D eigenvalue weighted by Gasteiger charge is -1.80. The van der Waals surface area contributed by atoms with Crippen molar-refractivity contribution in [3.8, 4) is 0 Å². The smallest absolute Gasteiger partial charge is 0.187 e. The van der Waals surface area contributed by atoms with Gasteiger partial charge in [0.2, 0.25) is 0 Å². The second-order valence-corrected chi connectivity index (χ2v) is 2.89. The second kappa shape index (κ2) is 11.5. The summed E-state index contributed by atoms with van der Waals surface area (Å²) in [4.78, 5) is 6.44. The molecule has 0 heterocycles. The van der Waals surface area contributed by atoms with Gasteiger partial charge in [-0.05, 0) is 0 Å². The fourth-order valence-corrected chi connectivity index (χ4v) is 1.01. The summed E-state index contributed by atoms with van der Waals surface area (Å²) in [5.41, 5.74) is 1.40. The minimum atomic E-state index is 0. The summed E-state index contributed by atoms with van der Waals surface area (Å²) >= 11 is 0. The molecule has 2 aromatic rings. The quantitative estimate of drug-likeness (QED) is 0.577. The molecule has 0 aliphatic carbocycles. The van der Waals surface area contributed by atoms with E-state index in [1.54, 1.807) is 24.3 Å². The van der Waals surface area contributed by atoms with Gasteiger partial charge >= 0.3 is 0 Å². The molecular formula is C14H12Cl2N2. The normalized spacial score (nSPS) is 7.00. The summed E-state index contributed by atoms with van der Waals surface area (Å²) in [5, 5.41) is 0. The van der Waals surface area contributed by atoms with Crippen molar-refractivity contribution >= 4 is 36.2 Å². The average Bonchev–Trinajstić information content (AvgIpc) is 2.41. The fraction of sp³-hybridized carbons (Fsp3) is 0. The zero-order valence-electron chi connectivity index (χ0n) is 9.48. The Hall–Kier alpha value is -2.00. The van der Waals surface area contributed by atoms with Crippen LogP contribution in [0, 0.1) is 13.1 Å². The summed E-state index contributed by atoms with van der Waals surface area (Å²) in [5.74, 6) is 0. The molecule has 0 unspecified atom stereocenters. The van der Waals surface area contributed by atoms with Crippen molar-refractivity contribution in [2.75, 3.05) is 0 Å². The number of rotatable bonds is 0. The van der Waals surface area contributed by atoms with E-state index in [1.165, 1.54) is 0 Å². The van der Waals surface area contributed by atoms with Crippen LogP contribution in [-0.4, -0.2) is 0 Å². The van der Waals surface area contributed by atoms with E-state index in [9.17, 15) is 0 Å². The van der Waals surface area contributed by atoms with Crippen LogP contribution < -0.4 is 0 Å². The van der Waals surface area contributed by atoms with Gasteiger partial charge in [-0.1, -0.05) is 60.7 Å². The van der Waals surface area contributed by atoms with Gasteiger partial charge in [0.1, 0.15) is 0 Å². The molecule has 0 aromatic heterocycles. The number of para-hydroxylation sites is 2. The van der Waals surface area contributed by atoms with Gasteiger partial charge < -0.3 is 0 Å². The highest BCUT2D eigenvalue weighted by molar-refractivity contribution is 5.85. The van der Waals surface area contributed by atoms with Crippen LogP contribution in [0.3, 0.4) is 0 Å². The van der Waals surface area contributed by atoms with Gasteiger partial charge in [0, 0.05) is 0 Å². The third kappa shape index (κ3) is 7.30. The van der Waals surface area contributed by atoms with Gasteiger partial charge in [-0.2, -0.15) is 0 Å². The van der Waals surface area contributed by atoms with Gasteiger partial charge in [-0.15, -0.1) is 24.8 Å². The number of hydrogen-bond donors (Lipinski definition) is 0. The van der Waals surface area contributed by atoms with Crippen LogP contribution in [0.1, 0.15) is 0 Å². The first-order chi connectivity index (χ1) is 7.86. The zero-order chi connectivity index (χ0) is 11.6. The van der Waals surface area contributed by atoms with E-state index < -0.39 is 0 Å². The Morgan fingerprint density at radius 3 is 1.00 bits per heavy atom. The molecule has 92 valence electrons. The Morgan fingerprint density at radius 1 is 0.556 bits per heavy atom. The van der Waals surface area contributed by atoms with E-state index in [4.69, 9.17) is 13.1 Å². The van der Waals surface area contributed by atoms with Gasteiger partial charge in [0.15, 0.2) is 11.4 Å². The van der Waals surface area contributed by atoms with Crippen LogP contribution in [0.2, 0.25) is 0 Å². The minimum Gasteiger partial charge on any atom is -0.238 e. The van der Waals surface area contributed by atoms with E-state index in [2.05, 4.69) is 9.69 Å². The van der Waals surface area contributed by atoms with Crippen LogP contribution in [-0.2, 0) is 0 Å². The number of nitrogens with zero attached hydrogens (tertiary/aromatic N) is 2. The average molecular weight is 279 g/mol. The van der Waals surface area contributed by atoms with E-state index in [0.717, 1.165) is 0 Å². The molecule has 0 atom stereocenters. The Kier molecular flexibility index (Phi) is 11.7. The highest BCUT2D eigenvalue weighted by Gasteiger charge is 1.80. The van der Waals surface area contributed by atoms with Crippen molar-refractivity contribution < 1.29 is 0 Å². The van der Waals surface area contributed by atoms with E-state index in [0.29, 0.717) is 11.4 Å². The molecule has 0 aliphatic heterocycles. The van der Waals surface area contributed by atoms with Crippen molar-refractivity contribution in [3.05, 3.63) is 83.5 Å². The lowest BCUT2D eigenvalue weighted by Crippen LogP contribution is -1.54. The number of benzene rings is 2. The molecule has 0 saturated heterocycles. The molecule has 0 saturated carbocycles. The molecule has 4 heteroatoms. The summed E-state index contributed by atoms with van der Waals surface area (Å²) in [6, 6.07) is 18.4. The zero-order valence-corrected chi connectivity index (χ0v) is 11.1. The van der Waals surface area contributed by atoms with Crippen LogP contribution in [0.4, 0.5) is 11.4 Å². The lowest BCUT2D eigenvalue weighted by molar-refractivity contribution is 1.72. The monoisotopic (exact) mass is 278 g/mol. The van der Waals surface area contributed by atoms with Gasteiger partial charge in [-0.25, -0.2) is 9.69 Å². The summed E-state index contributed by atoms with van der Waals surface area (Å²) in [6.07, 6.45) is 0. The summed E-state index contributed by atoms with van der Waals surface area (Å²) in [6.45, 7) is 13.1. The van der Waals surface area contributed by atoms with Crippen LogP contribution in [0.15, 0.2) is 60.7 Å². The fourth-order valence-electron chi connectivity index (χ4n) is 1.01. The minimum absolute atomic E-state index is 0. The maximum Gasteiger partial charge on any atom is 0.187 e. The first-order valence-electron chi connectivity index (χ1n) is 4.72. The van der Waals surface area contributed by atoms with Crippen molar-refractivity contribution in [1.29, 1.82) is 0 Å². The van der Waals surface area contributed by atoms with E-state index >= 15 is 0 Å². The van der Waals surface area contributed by atoms with Crippen LogP contribution in [0.5, 0.6) is 0 Å². The molecule has 0 amide bonds. The van der Waals surface area contributed by atoms with Crippen molar-refractivity contribution in [3.63, 3.8) is 0 Å². The van der Waals surface area contributed by atoms with Crippen molar-refractivity contribution in [2.45, 2.75) is 0 Å². The maximum atomic E-state index is 6.57. The van der Waals surface area contributed by atoms with E-state index in [1.807, 2.05) is 36.4 Å². The first-order valence-corrected chi connectivity index (χ1v) is 4.72. The lowest BCUT2D eigenvalue weighted by atomic mass is 10.3. The summed E-state index contributed by atoms with van der Waals surface area (Å²) in [7, 11) is 0. The number of halogens is 2. The van der Waals surface area contributed by atoms with Crippen LogP contribution >= 0.6 is 24.8 Å². The Labute approximate surface area is 120 Å². The molecule has 2 aromatic carbocycles. The third-order valence-electron chi connectivity index (χ3n) is 1.77. The molecule has 2 rings (SSSR count). The topological polar surface area (TPSA) is 8.72 Å². The standard InChI is InChI=1S/2C7H5N.2ClH/c2*1-8-7-5-3-2-4-6-7;;/h2*2-6H;2*1H. The van der Waals surface area contributed by atoms with Gasteiger partial charge in [0.05, 0.1) is 13.1 Å². The highest BCUT2D eigenvalue weighted by atomic mass is 35.5. The van der Waals surface area contributed by atoms with E-state index in [-0.39, 0.29) is 24.8 Å². The van der Waals surface area contributed by atoms with Gasteiger partial charge in [-0.3, -0.25) is 0 Å². The Balaban J connectivity index is 0. The van der Waals surface area contributed by atoms with Crippen LogP contribution in [0.25, 0.3) is 9.69 Å². The van der Waals surface area contributed by atoms with Crippen molar-refractivity contribution in [1.82, 2.24) is 0 Å². The molecule has 18 heavy (non-hydrogen) atoms. The SMILES string of the molecule is Cl.Cl.[C-]#[N+]c1ccccc1.[C-]#[N+]c1ccccc1. The summed E-state index contributed by atoms with van der Waals surface area (Å²) < 4.78 is 0. The maximum absolute atomic E-state index is 6.57. The number of hydrogen-bond acceptors (Lipinski definition) is 0. The molecule has 0 N–H and O–H groups in total. The second-order valence-electron chi connectivity index (χ2n) is 2.89. The molecular weight excluding hydrogens is 267 g/mol. The molecule has 0 aliphatic rings. The molecule has 2 nitrogen and oxygen atoms in total. The molecule has 0 fully saturated rings. The molecule has 0 bridgehead atoms. The van der Waals surface area contributed by atoms with Gasteiger partial charge in [0.25, 0.3) is 0 Å².